The van der Waals surface area contributed by atoms with E-state index in [4.69, 9.17) is 9.15 Å². The van der Waals surface area contributed by atoms with Gasteiger partial charge in [-0.05, 0) is 55.2 Å². The van der Waals surface area contributed by atoms with Crippen molar-refractivity contribution in [3.63, 3.8) is 0 Å². The number of ether oxygens (including phenoxy) is 1. The van der Waals surface area contributed by atoms with Crippen LogP contribution in [0.25, 0.3) is 11.4 Å². The van der Waals surface area contributed by atoms with Gasteiger partial charge < -0.3 is 9.15 Å². The molecule has 1 aromatic carbocycles. The Balaban J connectivity index is 1.44. The third-order valence-corrected chi connectivity index (χ3v) is 5.90. The van der Waals surface area contributed by atoms with Gasteiger partial charge in [-0.3, -0.25) is 0 Å². The maximum Gasteiger partial charge on any atom is 0.290 e. The van der Waals surface area contributed by atoms with Gasteiger partial charge in [0.05, 0.1) is 0 Å². The Labute approximate surface area is 193 Å². The van der Waals surface area contributed by atoms with Crippen LogP contribution in [0, 0.1) is 6.92 Å². The average molecular weight is 435 g/mol. The number of hydrogen-bond acceptors (Lipinski definition) is 4. The minimum absolute atomic E-state index is 0.523. The normalized spacial score (nSPS) is 11.1. The van der Waals surface area contributed by atoms with E-state index in [1.54, 1.807) is 0 Å². The van der Waals surface area contributed by atoms with Crippen molar-refractivity contribution in [1.82, 2.24) is 9.97 Å². The molecule has 4 heteroatoms. The maximum absolute atomic E-state index is 5.89. The van der Waals surface area contributed by atoms with Crippen molar-refractivity contribution in [1.29, 1.82) is 0 Å². The second-order valence-electron chi connectivity index (χ2n) is 8.65. The molecule has 0 saturated carbocycles. The molecule has 3 aromatic rings. The Morgan fingerprint density at radius 1 is 0.812 bits per heavy atom. The molecule has 0 atom stereocenters. The van der Waals surface area contributed by atoms with Gasteiger partial charge in [-0.15, -0.1) is 0 Å². The van der Waals surface area contributed by atoms with E-state index in [1.165, 1.54) is 63.4 Å². The molecular formula is C28H38N2O2. The van der Waals surface area contributed by atoms with E-state index in [1.807, 2.05) is 43.6 Å². The van der Waals surface area contributed by atoms with E-state index in [9.17, 15) is 0 Å². The molecule has 32 heavy (non-hydrogen) atoms. The van der Waals surface area contributed by atoms with E-state index in [0.29, 0.717) is 5.95 Å². The fraction of sp³-hybridized carbons (Fsp3) is 0.500. The Morgan fingerprint density at radius 3 is 2.12 bits per heavy atom. The molecule has 0 N–H and O–H groups in total. The molecule has 0 radical (unpaired) electrons. The Kier molecular flexibility index (Phi) is 9.80. The van der Waals surface area contributed by atoms with E-state index in [2.05, 4.69) is 29.9 Å². The molecule has 0 aliphatic rings. The van der Waals surface area contributed by atoms with E-state index in [-0.39, 0.29) is 0 Å². The maximum atomic E-state index is 5.89. The molecule has 0 unspecified atom stereocenters. The predicted octanol–water partition coefficient (Wildman–Crippen LogP) is 8.47. The highest BCUT2D eigenvalue weighted by atomic mass is 16.6. The summed E-state index contributed by atoms with van der Waals surface area (Å²) in [6, 6.07) is 9.83. The predicted molar refractivity (Wildman–Crippen MR) is 131 cm³/mol. The highest BCUT2D eigenvalue weighted by Crippen LogP contribution is 2.29. The second-order valence-corrected chi connectivity index (χ2v) is 8.65. The van der Waals surface area contributed by atoms with Crippen molar-refractivity contribution in [3.8, 4) is 23.1 Å². The first-order chi connectivity index (χ1) is 15.7. The van der Waals surface area contributed by atoms with E-state index in [0.717, 1.165) is 41.3 Å². The Bertz CT molecular complexity index is 931. The SMILES string of the molecule is CCCCCCCCCCCc1cnc(-c2ccc(Oc3ccc(CC)o3)c(C)c2)nc1. The molecule has 4 nitrogen and oxygen atoms in total. The highest BCUT2D eigenvalue weighted by molar-refractivity contribution is 5.58. The first-order valence-corrected chi connectivity index (χ1v) is 12.4. The van der Waals surface area contributed by atoms with Crippen LogP contribution in [0.2, 0.25) is 0 Å². The number of aryl methyl sites for hydroxylation is 3. The fourth-order valence-corrected chi connectivity index (χ4v) is 3.89. The molecule has 0 aliphatic carbocycles. The van der Waals surface area contributed by atoms with Crippen LogP contribution in [0.1, 0.15) is 88.5 Å². The summed E-state index contributed by atoms with van der Waals surface area (Å²) < 4.78 is 11.5. The van der Waals surface area contributed by atoms with Gasteiger partial charge >= 0.3 is 0 Å². The van der Waals surface area contributed by atoms with E-state index < -0.39 is 0 Å². The van der Waals surface area contributed by atoms with Gasteiger partial charge in [0.2, 0.25) is 0 Å². The van der Waals surface area contributed by atoms with Gasteiger partial charge in [-0.2, -0.15) is 0 Å². The third-order valence-electron chi connectivity index (χ3n) is 5.90. The van der Waals surface area contributed by atoms with Crippen molar-refractivity contribution in [3.05, 3.63) is 59.6 Å². The second kappa shape index (κ2) is 13.0. The molecule has 0 fully saturated rings. The summed E-state index contributed by atoms with van der Waals surface area (Å²) in [5.74, 6) is 2.98. The lowest BCUT2D eigenvalue weighted by Crippen LogP contribution is -1.94. The van der Waals surface area contributed by atoms with Crippen molar-refractivity contribution in [2.24, 2.45) is 0 Å². The van der Waals surface area contributed by atoms with Crippen LogP contribution in [-0.2, 0) is 12.8 Å². The zero-order valence-corrected chi connectivity index (χ0v) is 20.0. The van der Waals surface area contributed by atoms with E-state index >= 15 is 0 Å². The number of rotatable bonds is 14. The van der Waals surface area contributed by atoms with Gasteiger partial charge in [0.15, 0.2) is 5.82 Å². The average Bonchev–Trinajstić information content (AvgIpc) is 3.27. The molecule has 0 aliphatic heterocycles. The number of furan rings is 1. The summed E-state index contributed by atoms with van der Waals surface area (Å²) in [6.45, 7) is 6.36. The van der Waals surface area contributed by atoms with Gasteiger partial charge in [0.1, 0.15) is 11.5 Å². The Hall–Kier alpha value is -2.62. The third kappa shape index (κ3) is 7.51. The number of nitrogens with zero attached hydrogens (tertiary/aromatic N) is 2. The van der Waals surface area contributed by atoms with Crippen molar-refractivity contribution in [2.45, 2.75) is 91.4 Å². The number of hydrogen-bond donors (Lipinski definition) is 0. The number of benzene rings is 1. The lowest BCUT2D eigenvalue weighted by atomic mass is 10.0. The zero-order valence-electron chi connectivity index (χ0n) is 20.0. The molecule has 172 valence electrons. The van der Waals surface area contributed by atoms with Gasteiger partial charge in [0.25, 0.3) is 5.95 Å². The molecular weight excluding hydrogens is 396 g/mol. The molecule has 0 spiro atoms. The van der Waals surface area contributed by atoms with Crippen LogP contribution in [0.4, 0.5) is 0 Å². The van der Waals surface area contributed by atoms with Gasteiger partial charge in [0, 0.05) is 30.4 Å². The van der Waals surface area contributed by atoms with Crippen molar-refractivity contribution in [2.75, 3.05) is 0 Å². The summed E-state index contributed by atoms with van der Waals surface area (Å²) in [6.07, 6.45) is 18.0. The number of unbranched alkanes of at least 4 members (excludes halogenated alkanes) is 8. The monoisotopic (exact) mass is 434 g/mol. The molecule has 0 amide bonds. The largest absolute Gasteiger partial charge is 0.431 e. The van der Waals surface area contributed by atoms with Crippen LogP contribution in [0.5, 0.6) is 11.7 Å². The summed E-state index contributed by atoms with van der Waals surface area (Å²) in [5.41, 5.74) is 3.25. The van der Waals surface area contributed by atoms with Crippen LogP contribution in [-0.4, -0.2) is 9.97 Å². The summed E-state index contributed by atoms with van der Waals surface area (Å²) in [7, 11) is 0. The first kappa shape index (κ1) is 24.0. The molecule has 2 aromatic heterocycles. The van der Waals surface area contributed by atoms with Crippen LogP contribution < -0.4 is 4.74 Å². The van der Waals surface area contributed by atoms with Gasteiger partial charge in [-0.25, -0.2) is 9.97 Å². The minimum Gasteiger partial charge on any atom is -0.431 e. The van der Waals surface area contributed by atoms with Gasteiger partial charge in [-0.1, -0.05) is 65.2 Å². The fourth-order valence-electron chi connectivity index (χ4n) is 3.89. The smallest absolute Gasteiger partial charge is 0.290 e. The molecule has 2 heterocycles. The van der Waals surface area contributed by atoms with Crippen LogP contribution in [0.3, 0.4) is 0 Å². The molecule has 0 bridgehead atoms. The summed E-state index contributed by atoms with van der Waals surface area (Å²) in [4.78, 5) is 9.21. The summed E-state index contributed by atoms with van der Waals surface area (Å²) in [5, 5.41) is 0. The molecule has 3 rings (SSSR count). The van der Waals surface area contributed by atoms with Crippen molar-refractivity contribution >= 4 is 0 Å². The molecule has 0 saturated heterocycles. The lowest BCUT2D eigenvalue weighted by molar-refractivity contribution is 0.332. The van der Waals surface area contributed by atoms with Crippen LogP contribution in [0.15, 0.2) is 47.1 Å². The standard InChI is InChI=1S/C28H38N2O2/c1-4-6-7-8-9-10-11-12-13-14-23-20-29-28(30-21-23)24-15-17-26(22(3)19-24)32-27-18-16-25(5-2)31-27/h15-21H,4-14H2,1-3H3. The summed E-state index contributed by atoms with van der Waals surface area (Å²) >= 11 is 0. The Morgan fingerprint density at radius 2 is 1.50 bits per heavy atom. The number of aromatic nitrogens is 2. The lowest BCUT2D eigenvalue weighted by Gasteiger charge is -2.08. The van der Waals surface area contributed by atoms with Crippen LogP contribution >= 0.6 is 0 Å². The minimum atomic E-state index is 0.523. The first-order valence-electron chi connectivity index (χ1n) is 12.4. The van der Waals surface area contributed by atoms with Crippen molar-refractivity contribution < 1.29 is 9.15 Å². The quantitative estimate of drug-likeness (QED) is 0.239. The highest BCUT2D eigenvalue weighted by Gasteiger charge is 2.09. The zero-order chi connectivity index (χ0) is 22.6. The topological polar surface area (TPSA) is 48.2 Å².